The molecule has 2 N–H and O–H groups in total. The van der Waals surface area contributed by atoms with E-state index in [0.717, 1.165) is 11.3 Å². The molecular formula is C18H19FN2O2. The monoisotopic (exact) mass is 314 g/mol. The van der Waals surface area contributed by atoms with E-state index in [0.29, 0.717) is 12.8 Å². The largest absolute Gasteiger partial charge is 0.393 e. The van der Waals surface area contributed by atoms with Crippen LogP contribution in [0.5, 0.6) is 0 Å². The highest BCUT2D eigenvalue weighted by Crippen LogP contribution is 2.37. The van der Waals surface area contributed by atoms with Crippen molar-refractivity contribution in [3.63, 3.8) is 0 Å². The molecule has 0 unspecified atom stereocenters. The Kier molecular flexibility index (Phi) is 4.67. The molecule has 1 aromatic heterocycles. The van der Waals surface area contributed by atoms with Gasteiger partial charge in [0.15, 0.2) is 0 Å². The first kappa shape index (κ1) is 15.6. The van der Waals surface area contributed by atoms with Gasteiger partial charge in [0.05, 0.1) is 24.3 Å². The van der Waals surface area contributed by atoms with Crippen LogP contribution in [-0.4, -0.2) is 22.1 Å². The summed E-state index contributed by atoms with van der Waals surface area (Å²) < 4.78 is 12.9. The quantitative estimate of drug-likeness (QED) is 0.891. The highest BCUT2D eigenvalue weighted by atomic mass is 19.1. The van der Waals surface area contributed by atoms with E-state index >= 15 is 0 Å². The lowest BCUT2D eigenvalue weighted by atomic mass is 9.76. The topological polar surface area (TPSA) is 62.2 Å². The van der Waals surface area contributed by atoms with E-state index in [2.05, 4.69) is 10.3 Å². The molecule has 1 fully saturated rings. The van der Waals surface area contributed by atoms with Crippen LogP contribution in [0.4, 0.5) is 4.39 Å². The molecule has 0 aliphatic heterocycles. The Morgan fingerprint density at radius 2 is 2.00 bits per heavy atom. The van der Waals surface area contributed by atoms with E-state index in [1.54, 1.807) is 18.3 Å². The van der Waals surface area contributed by atoms with Crippen molar-refractivity contribution in [2.45, 2.75) is 31.4 Å². The van der Waals surface area contributed by atoms with E-state index in [9.17, 15) is 14.3 Å². The molecule has 3 rings (SSSR count). The van der Waals surface area contributed by atoms with Gasteiger partial charge in [-0.05, 0) is 48.6 Å². The first-order chi connectivity index (χ1) is 11.1. The number of pyridine rings is 1. The molecule has 1 heterocycles. The Bertz CT molecular complexity index is 654. The number of hydrogen-bond donors (Lipinski definition) is 2. The Morgan fingerprint density at radius 3 is 2.61 bits per heavy atom. The number of hydrogen-bond acceptors (Lipinski definition) is 3. The number of aliphatic hydroxyl groups is 1. The lowest BCUT2D eigenvalue weighted by Gasteiger charge is -2.37. The van der Waals surface area contributed by atoms with Crippen LogP contribution in [0.3, 0.4) is 0 Å². The lowest BCUT2D eigenvalue weighted by molar-refractivity contribution is -0.122. The van der Waals surface area contributed by atoms with Gasteiger partial charge in [-0.3, -0.25) is 9.78 Å². The van der Waals surface area contributed by atoms with E-state index < -0.39 is 0 Å². The highest BCUT2D eigenvalue weighted by molar-refractivity contribution is 5.79. The van der Waals surface area contributed by atoms with Gasteiger partial charge in [0.1, 0.15) is 5.82 Å². The fourth-order valence-corrected chi connectivity index (χ4v) is 2.91. The third-order valence-corrected chi connectivity index (χ3v) is 4.22. The van der Waals surface area contributed by atoms with Gasteiger partial charge in [0, 0.05) is 6.20 Å². The Hall–Kier alpha value is -2.27. The molecule has 1 atom stereocenters. The van der Waals surface area contributed by atoms with Crippen molar-refractivity contribution < 1.29 is 14.3 Å². The van der Waals surface area contributed by atoms with Crippen molar-refractivity contribution in [2.75, 3.05) is 0 Å². The first-order valence-corrected chi connectivity index (χ1v) is 7.74. The van der Waals surface area contributed by atoms with Crippen LogP contribution < -0.4 is 5.32 Å². The molecule has 0 saturated heterocycles. The molecule has 1 aliphatic carbocycles. The number of aliphatic hydroxyl groups excluding tert-OH is 1. The van der Waals surface area contributed by atoms with E-state index in [-0.39, 0.29) is 36.2 Å². The molecule has 2 aromatic rings. The van der Waals surface area contributed by atoms with Crippen molar-refractivity contribution in [2.24, 2.45) is 5.92 Å². The molecule has 120 valence electrons. The van der Waals surface area contributed by atoms with E-state index in [1.807, 2.05) is 18.2 Å². The predicted molar refractivity (Wildman–Crippen MR) is 84.0 cm³/mol. The zero-order valence-electron chi connectivity index (χ0n) is 12.7. The summed E-state index contributed by atoms with van der Waals surface area (Å²) in [6, 6.07) is 11.3. The zero-order valence-corrected chi connectivity index (χ0v) is 12.7. The smallest absolute Gasteiger partial charge is 0.224 e. The Labute approximate surface area is 134 Å². The van der Waals surface area contributed by atoms with Gasteiger partial charge in [-0.15, -0.1) is 0 Å². The van der Waals surface area contributed by atoms with Gasteiger partial charge >= 0.3 is 0 Å². The van der Waals surface area contributed by atoms with Crippen LogP contribution in [0.15, 0.2) is 48.7 Å². The number of rotatable bonds is 5. The second-order valence-corrected chi connectivity index (χ2v) is 5.99. The molecule has 0 radical (unpaired) electrons. The maximum atomic E-state index is 12.9. The molecule has 1 amide bonds. The second kappa shape index (κ2) is 6.87. The van der Waals surface area contributed by atoms with Crippen LogP contribution in [0.1, 0.15) is 30.1 Å². The summed E-state index contributed by atoms with van der Waals surface area (Å²) >= 11 is 0. The number of nitrogens with one attached hydrogen (secondary N) is 1. The third kappa shape index (κ3) is 3.93. The fourth-order valence-electron chi connectivity index (χ4n) is 2.91. The molecule has 1 aromatic carbocycles. The van der Waals surface area contributed by atoms with Crippen LogP contribution in [0.25, 0.3) is 0 Å². The number of amides is 1. The van der Waals surface area contributed by atoms with Crippen molar-refractivity contribution >= 4 is 5.91 Å². The number of benzene rings is 1. The average Bonchev–Trinajstić information content (AvgIpc) is 2.53. The van der Waals surface area contributed by atoms with E-state index in [1.165, 1.54) is 12.1 Å². The summed E-state index contributed by atoms with van der Waals surface area (Å²) in [4.78, 5) is 16.6. The van der Waals surface area contributed by atoms with Crippen LogP contribution in [0.2, 0.25) is 0 Å². The van der Waals surface area contributed by atoms with Crippen molar-refractivity contribution in [1.82, 2.24) is 10.3 Å². The number of aromatic nitrogens is 1. The van der Waals surface area contributed by atoms with Gasteiger partial charge < -0.3 is 10.4 Å². The molecule has 0 bridgehead atoms. The predicted octanol–water partition coefficient (Wildman–Crippen LogP) is 2.39. The van der Waals surface area contributed by atoms with Gasteiger partial charge in [-0.1, -0.05) is 18.2 Å². The van der Waals surface area contributed by atoms with Crippen molar-refractivity contribution in [1.29, 1.82) is 0 Å². The minimum atomic E-state index is -0.316. The summed E-state index contributed by atoms with van der Waals surface area (Å²) in [5, 5.41) is 12.6. The fraction of sp³-hybridized carbons (Fsp3) is 0.333. The van der Waals surface area contributed by atoms with Gasteiger partial charge in [-0.25, -0.2) is 4.39 Å². The molecule has 1 saturated carbocycles. The SMILES string of the molecule is O=C(Cc1ccc(F)cc1)N[C@H](c1ccccn1)C1CC(O)C1. The van der Waals surface area contributed by atoms with Gasteiger partial charge in [0.25, 0.3) is 0 Å². The zero-order chi connectivity index (χ0) is 16.2. The number of carbonyl (C=O) groups excluding carboxylic acids is 1. The number of carbonyl (C=O) groups is 1. The van der Waals surface area contributed by atoms with E-state index in [4.69, 9.17) is 0 Å². The third-order valence-electron chi connectivity index (χ3n) is 4.22. The summed E-state index contributed by atoms with van der Waals surface area (Å²) in [7, 11) is 0. The minimum absolute atomic E-state index is 0.131. The van der Waals surface area contributed by atoms with Crippen molar-refractivity contribution in [3.8, 4) is 0 Å². The molecule has 4 nitrogen and oxygen atoms in total. The molecule has 5 heteroatoms. The number of halogens is 1. The normalized spacial score (nSPS) is 21.3. The molecule has 1 aliphatic rings. The highest BCUT2D eigenvalue weighted by Gasteiger charge is 2.36. The molecular weight excluding hydrogens is 295 g/mol. The molecule has 23 heavy (non-hydrogen) atoms. The van der Waals surface area contributed by atoms with Crippen LogP contribution in [0, 0.1) is 11.7 Å². The summed E-state index contributed by atoms with van der Waals surface area (Å²) in [6.45, 7) is 0. The van der Waals surface area contributed by atoms with Crippen LogP contribution in [-0.2, 0) is 11.2 Å². The van der Waals surface area contributed by atoms with Crippen molar-refractivity contribution in [3.05, 3.63) is 65.7 Å². The standard InChI is InChI=1S/C18H19FN2O2/c19-14-6-4-12(5-7-14)9-17(23)21-18(13-10-15(22)11-13)16-3-1-2-8-20-16/h1-8,13,15,18,22H,9-11H2,(H,21,23)/t13?,15?,18-/m0/s1. The lowest BCUT2D eigenvalue weighted by Crippen LogP contribution is -2.42. The molecule has 0 spiro atoms. The van der Waals surface area contributed by atoms with Gasteiger partial charge in [0.2, 0.25) is 5.91 Å². The Morgan fingerprint density at radius 1 is 1.26 bits per heavy atom. The Balaban J connectivity index is 1.68. The summed E-state index contributed by atoms with van der Waals surface area (Å²) in [5.41, 5.74) is 1.56. The minimum Gasteiger partial charge on any atom is -0.393 e. The maximum Gasteiger partial charge on any atom is 0.224 e. The average molecular weight is 314 g/mol. The summed E-state index contributed by atoms with van der Waals surface area (Å²) in [6.07, 6.45) is 2.93. The number of nitrogens with zero attached hydrogens (tertiary/aromatic N) is 1. The first-order valence-electron chi connectivity index (χ1n) is 7.74. The summed E-state index contributed by atoms with van der Waals surface area (Å²) in [5.74, 6) is -0.255. The maximum absolute atomic E-state index is 12.9. The van der Waals surface area contributed by atoms with Crippen LogP contribution >= 0.6 is 0 Å². The van der Waals surface area contributed by atoms with Gasteiger partial charge in [-0.2, -0.15) is 0 Å². The second-order valence-electron chi connectivity index (χ2n) is 5.99.